The Hall–Kier alpha value is -1.59. The molecule has 1 saturated heterocycles. The van der Waals surface area contributed by atoms with Gasteiger partial charge < -0.3 is 15.2 Å². The largest absolute Gasteiger partial charge is 0.481 e. The van der Waals surface area contributed by atoms with E-state index in [0.29, 0.717) is 56.8 Å². The van der Waals surface area contributed by atoms with Crippen LogP contribution in [0.2, 0.25) is 5.02 Å². The first kappa shape index (κ1) is 18.2. The summed E-state index contributed by atoms with van der Waals surface area (Å²) in [5, 5.41) is 12.9. The quantitative estimate of drug-likeness (QED) is 0.859. The van der Waals surface area contributed by atoms with Crippen LogP contribution in [0.5, 0.6) is 0 Å². The van der Waals surface area contributed by atoms with Crippen molar-refractivity contribution in [3.05, 3.63) is 34.9 Å². The van der Waals surface area contributed by atoms with Gasteiger partial charge in [-0.05, 0) is 50.2 Å². The summed E-state index contributed by atoms with van der Waals surface area (Å²) in [7, 11) is 0. The Labute approximate surface area is 152 Å². The Kier molecular flexibility index (Phi) is 5.64. The van der Waals surface area contributed by atoms with E-state index >= 15 is 0 Å². The fourth-order valence-corrected chi connectivity index (χ4v) is 4.31. The van der Waals surface area contributed by atoms with Crippen molar-refractivity contribution in [2.24, 2.45) is 5.92 Å². The summed E-state index contributed by atoms with van der Waals surface area (Å²) in [5.74, 6) is -1.03. The van der Waals surface area contributed by atoms with Crippen LogP contribution in [0.4, 0.5) is 0 Å². The summed E-state index contributed by atoms with van der Waals surface area (Å²) in [5.41, 5.74) is 0.192. The SMILES string of the molecule is O=C(O)C1CCC(NC(=O)C2(c3ccccc3Cl)CCOCC2)CC1. The summed E-state index contributed by atoms with van der Waals surface area (Å²) >= 11 is 6.40. The van der Waals surface area contributed by atoms with Crippen molar-refractivity contribution in [2.45, 2.75) is 50.0 Å². The average Bonchev–Trinajstić information content (AvgIpc) is 2.63. The van der Waals surface area contributed by atoms with E-state index in [1.807, 2.05) is 24.3 Å². The Morgan fingerprint density at radius 1 is 1.12 bits per heavy atom. The fraction of sp³-hybridized carbons (Fsp3) is 0.579. The van der Waals surface area contributed by atoms with E-state index in [-0.39, 0.29) is 17.9 Å². The van der Waals surface area contributed by atoms with Gasteiger partial charge in [-0.1, -0.05) is 29.8 Å². The lowest BCUT2D eigenvalue weighted by Gasteiger charge is -2.38. The topological polar surface area (TPSA) is 75.6 Å². The van der Waals surface area contributed by atoms with Crippen molar-refractivity contribution in [3.63, 3.8) is 0 Å². The van der Waals surface area contributed by atoms with Gasteiger partial charge >= 0.3 is 5.97 Å². The number of aliphatic carboxylic acids is 1. The highest BCUT2D eigenvalue weighted by molar-refractivity contribution is 6.31. The van der Waals surface area contributed by atoms with Gasteiger partial charge in [-0.3, -0.25) is 9.59 Å². The summed E-state index contributed by atoms with van der Waals surface area (Å²) in [6.45, 7) is 1.06. The Balaban J connectivity index is 1.75. The number of benzene rings is 1. The van der Waals surface area contributed by atoms with E-state index in [1.54, 1.807) is 0 Å². The zero-order valence-corrected chi connectivity index (χ0v) is 14.9. The molecular weight excluding hydrogens is 342 g/mol. The van der Waals surface area contributed by atoms with Crippen molar-refractivity contribution in [1.29, 1.82) is 0 Å². The number of nitrogens with one attached hydrogen (secondary N) is 1. The maximum atomic E-state index is 13.2. The summed E-state index contributed by atoms with van der Waals surface area (Å²) < 4.78 is 5.48. The molecule has 1 aromatic rings. The number of rotatable bonds is 4. The molecule has 1 amide bonds. The number of hydrogen-bond donors (Lipinski definition) is 2. The Bertz CT molecular complexity index is 634. The molecule has 2 aliphatic rings. The van der Waals surface area contributed by atoms with Gasteiger partial charge in [0.15, 0.2) is 0 Å². The van der Waals surface area contributed by atoms with Gasteiger partial charge in [-0.2, -0.15) is 0 Å². The minimum Gasteiger partial charge on any atom is -0.481 e. The molecule has 2 N–H and O–H groups in total. The van der Waals surface area contributed by atoms with Crippen LogP contribution < -0.4 is 5.32 Å². The van der Waals surface area contributed by atoms with Crippen LogP contribution in [0.3, 0.4) is 0 Å². The number of ether oxygens (including phenoxy) is 1. The molecule has 1 saturated carbocycles. The molecule has 1 heterocycles. The number of carbonyl (C=O) groups excluding carboxylic acids is 1. The van der Waals surface area contributed by atoms with Crippen LogP contribution in [0.15, 0.2) is 24.3 Å². The van der Waals surface area contributed by atoms with Crippen LogP contribution in [0.1, 0.15) is 44.1 Å². The first-order chi connectivity index (χ1) is 12.0. The highest BCUT2D eigenvalue weighted by Gasteiger charge is 2.43. The number of carbonyl (C=O) groups is 2. The minimum absolute atomic E-state index is 0.0114. The zero-order valence-electron chi connectivity index (χ0n) is 14.2. The van der Waals surface area contributed by atoms with Gasteiger partial charge in [-0.25, -0.2) is 0 Å². The van der Waals surface area contributed by atoms with E-state index in [0.717, 1.165) is 5.56 Å². The number of hydrogen-bond acceptors (Lipinski definition) is 3. The third-order valence-corrected chi connectivity index (χ3v) is 5.91. The van der Waals surface area contributed by atoms with Crippen molar-refractivity contribution in [1.82, 2.24) is 5.32 Å². The highest BCUT2D eigenvalue weighted by atomic mass is 35.5. The van der Waals surface area contributed by atoms with Crippen molar-refractivity contribution in [3.8, 4) is 0 Å². The fourth-order valence-electron chi connectivity index (χ4n) is 4.00. The molecule has 1 aliphatic heterocycles. The van der Waals surface area contributed by atoms with E-state index in [9.17, 15) is 9.59 Å². The first-order valence-corrected chi connectivity index (χ1v) is 9.27. The second kappa shape index (κ2) is 7.75. The molecule has 0 bridgehead atoms. The summed E-state index contributed by atoms with van der Waals surface area (Å²) in [4.78, 5) is 24.3. The zero-order chi connectivity index (χ0) is 17.9. The molecular formula is C19H24ClNO4. The highest BCUT2D eigenvalue weighted by Crippen LogP contribution is 2.39. The minimum atomic E-state index is -0.734. The van der Waals surface area contributed by atoms with Gasteiger partial charge in [0, 0.05) is 24.3 Å². The van der Waals surface area contributed by atoms with Gasteiger partial charge in [-0.15, -0.1) is 0 Å². The van der Waals surface area contributed by atoms with Crippen LogP contribution in [-0.2, 0) is 19.7 Å². The molecule has 2 fully saturated rings. The molecule has 6 heteroatoms. The van der Waals surface area contributed by atoms with Gasteiger partial charge in [0.25, 0.3) is 0 Å². The Morgan fingerprint density at radius 2 is 1.76 bits per heavy atom. The predicted molar refractivity (Wildman–Crippen MR) is 94.7 cm³/mol. The summed E-state index contributed by atoms with van der Waals surface area (Å²) in [6, 6.07) is 7.55. The Morgan fingerprint density at radius 3 is 2.36 bits per heavy atom. The van der Waals surface area contributed by atoms with E-state index in [1.165, 1.54) is 0 Å². The number of carboxylic acid groups (broad SMARTS) is 1. The van der Waals surface area contributed by atoms with Crippen LogP contribution in [-0.4, -0.2) is 36.2 Å². The molecule has 1 aliphatic carbocycles. The summed E-state index contributed by atoms with van der Waals surface area (Å²) in [6.07, 6.45) is 3.85. The first-order valence-electron chi connectivity index (χ1n) is 8.89. The third kappa shape index (κ3) is 3.82. The van der Waals surface area contributed by atoms with E-state index in [2.05, 4.69) is 5.32 Å². The van der Waals surface area contributed by atoms with Crippen LogP contribution >= 0.6 is 11.6 Å². The number of halogens is 1. The molecule has 1 aromatic carbocycles. The number of carboxylic acids is 1. The maximum absolute atomic E-state index is 13.2. The third-order valence-electron chi connectivity index (χ3n) is 5.58. The van der Waals surface area contributed by atoms with Crippen molar-refractivity contribution >= 4 is 23.5 Å². The monoisotopic (exact) mass is 365 g/mol. The van der Waals surface area contributed by atoms with Crippen molar-refractivity contribution < 1.29 is 19.4 Å². The van der Waals surface area contributed by atoms with E-state index < -0.39 is 11.4 Å². The molecule has 25 heavy (non-hydrogen) atoms. The standard InChI is InChI=1S/C19H24ClNO4/c20-16-4-2-1-3-15(16)19(9-11-25-12-10-19)18(24)21-14-7-5-13(6-8-14)17(22)23/h1-4,13-14H,5-12H2,(H,21,24)(H,22,23). The number of amides is 1. The second-order valence-corrected chi connectivity index (χ2v) is 7.44. The van der Waals surface area contributed by atoms with Crippen LogP contribution in [0, 0.1) is 5.92 Å². The van der Waals surface area contributed by atoms with E-state index in [4.69, 9.17) is 21.4 Å². The lowest BCUT2D eigenvalue weighted by Crippen LogP contribution is -2.51. The molecule has 0 radical (unpaired) electrons. The molecule has 0 atom stereocenters. The lowest BCUT2D eigenvalue weighted by atomic mass is 9.73. The van der Waals surface area contributed by atoms with Crippen LogP contribution in [0.25, 0.3) is 0 Å². The van der Waals surface area contributed by atoms with Crippen molar-refractivity contribution in [2.75, 3.05) is 13.2 Å². The molecule has 0 unspecified atom stereocenters. The van der Waals surface area contributed by atoms with Gasteiger partial charge in [0.05, 0.1) is 11.3 Å². The molecule has 0 aromatic heterocycles. The normalized spacial score (nSPS) is 26.0. The van der Waals surface area contributed by atoms with Gasteiger partial charge in [0.1, 0.15) is 0 Å². The average molecular weight is 366 g/mol. The predicted octanol–water partition coefficient (Wildman–Crippen LogP) is 3.15. The second-order valence-electron chi connectivity index (χ2n) is 7.03. The molecule has 5 nitrogen and oxygen atoms in total. The molecule has 3 rings (SSSR count). The lowest BCUT2D eigenvalue weighted by molar-refractivity contribution is -0.142. The maximum Gasteiger partial charge on any atom is 0.306 e. The van der Waals surface area contributed by atoms with Gasteiger partial charge in [0.2, 0.25) is 5.91 Å². The smallest absolute Gasteiger partial charge is 0.306 e. The molecule has 0 spiro atoms. The molecule has 136 valence electrons.